The van der Waals surface area contributed by atoms with Crippen LogP contribution in [-0.2, 0) is 5.41 Å². The Morgan fingerprint density at radius 1 is 0.649 bits per heavy atom. The second-order valence-electron chi connectivity index (χ2n) is 14.9. The van der Waals surface area contributed by atoms with Crippen LogP contribution >= 0.6 is 0 Å². The first-order chi connectivity index (χ1) is 28.2. The van der Waals surface area contributed by atoms with Crippen molar-refractivity contribution in [2.75, 3.05) is 6.54 Å². The Kier molecular flexibility index (Phi) is 7.45. The Hall–Kier alpha value is -7.37. The maximum absolute atomic E-state index is 6.15. The van der Waals surface area contributed by atoms with E-state index < -0.39 is 5.41 Å². The summed E-state index contributed by atoms with van der Waals surface area (Å²) in [4.78, 5) is 4.41. The molecular weight excluding hydrogens is 695 g/mol. The molecule has 0 saturated heterocycles. The van der Waals surface area contributed by atoms with E-state index in [0.29, 0.717) is 0 Å². The van der Waals surface area contributed by atoms with Crippen molar-refractivity contribution in [2.24, 2.45) is 5.73 Å². The van der Waals surface area contributed by atoms with Crippen LogP contribution in [0, 0.1) is 0 Å². The summed E-state index contributed by atoms with van der Waals surface area (Å²) in [6.07, 6.45) is 14.2. The highest BCUT2D eigenvalue weighted by atomic mass is 15.0. The highest BCUT2D eigenvalue weighted by Gasteiger charge is 2.48. The quantitative estimate of drug-likeness (QED) is 0.167. The fraction of sp³-hybridized carbons (Fsp3) is 0.0577. The van der Waals surface area contributed by atoms with Gasteiger partial charge < -0.3 is 20.2 Å². The molecular formula is C52H39N5. The maximum Gasteiger partial charge on any atom is 0.0726 e. The van der Waals surface area contributed by atoms with Gasteiger partial charge in [0.15, 0.2) is 0 Å². The van der Waals surface area contributed by atoms with Crippen LogP contribution in [-0.4, -0.2) is 20.7 Å². The van der Waals surface area contributed by atoms with Gasteiger partial charge in [-0.3, -0.25) is 4.98 Å². The van der Waals surface area contributed by atoms with Crippen LogP contribution < -0.4 is 11.1 Å². The predicted molar refractivity (Wildman–Crippen MR) is 237 cm³/mol. The molecule has 1 aliphatic heterocycles. The largest absolute Gasteiger partial charge is 0.405 e. The second-order valence-corrected chi connectivity index (χ2v) is 14.9. The Labute approximate surface area is 331 Å². The van der Waals surface area contributed by atoms with Crippen molar-refractivity contribution in [3.63, 3.8) is 0 Å². The molecule has 5 heteroatoms. The van der Waals surface area contributed by atoms with Crippen molar-refractivity contribution in [3.05, 3.63) is 216 Å². The van der Waals surface area contributed by atoms with E-state index in [2.05, 4.69) is 196 Å². The second kappa shape index (κ2) is 12.9. The number of nitrogens with zero attached hydrogens (tertiary/aromatic N) is 3. The zero-order valence-corrected chi connectivity index (χ0v) is 31.5. The summed E-state index contributed by atoms with van der Waals surface area (Å²) in [5.74, 6) is 0. The van der Waals surface area contributed by atoms with Gasteiger partial charge in [0.25, 0.3) is 0 Å². The smallest absolute Gasteiger partial charge is 0.0726 e. The molecule has 11 rings (SSSR count). The third kappa shape index (κ3) is 4.72. The number of nitrogens with one attached hydrogen (secondary N) is 1. The number of allylic oxidation sites excluding steroid dienone is 5. The molecule has 0 saturated carbocycles. The van der Waals surface area contributed by atoms with Gasteiger partial charge in [0.2, 0.25) is 0 Å². The topological polar surface area (TPSA) is 60.8 Å². The van der Waals surface area contributed by atoms with E-state index in [-0.39, 0.29) is 0 Å². The zero-order chi connectivity index (χ0) is 38.1. The molecule has 5 nitrogen and oxygen atoms in total. The summed E-state index contributed by atoms with van der Waals surface area (Å²) in [5, 5.41) is 8.75. The molecule has 0 radical (unpaired) electrons. The minimum atomic E-state index is -0.571. The van der Waals surface area contributed by atoms with Gasteiger partial charge in [-0.25, -0.2) is 0 Å². The van der Waals surface area contributed by atoms with Crippen molar-refractivity contribution in [1.82, 2.24) is 19.4 Å². The first-order valence-corrected chi connectivity index (χ1v) is 19.6. The highest BCUT2D eigenvalue weighted by molar-refractivity contribution is 6.12. The lowest BCUT2D eigenvalue weighted by atomic mass is 9.66. The van der Waals surface area contributed by atoms with Crippen LogP contribution in [0.15, 0.2) is 200 Å². The monoisotopic (exact) mass is 733 g/mol. The number of para-hydroxylation sites is 3. The van der Waals surface area contributed by atoms with Crippen LogP contribution in [0.3, 0.4) is 0 Å². The molecule has 9 aromatic rings. The fourth-order valence-electron chi connectivity index (χ4n) is 9.76. The number of hydrogen-bond acceptors (Lipinski definition) is 3. The number of hydrogen-bond donors (Lipinski definition) is 2. The molecule has 4 heterocycles. The molecule has 57 heavy (non-hydrogen) atoms. The first-order valence-electron chi connectivity index (χ1n) is 19.6. The van der Waals surface area contributed by atoms with Crippen molar-refractivity contribution >= 4 is 49.3 Å². The fourth-order valence-corrected chi connectivity index (χ4v) is 9.76. The molecule has 1 unspecified atom stereocenters. The Morgan fingerprint density at radius 2 is 1.19 bits per heavy atom. The maximum atomic E-state index is 6.15. The molecule has 3 N–H and O–H groups in total. The Morgan fingerprint density at radius 3 is 1.75 bits per heavy atom. The summed E-state index contributed by atoms with van der Waals surface area (Å²) in [6, 6.07) is 53.2. The average molecular weight is 734 g/mol. The first kappa shape index (κ1) is 33.0. The Bertz CT molecular complexity index is 3120. The van der Waals surface area contributed by atoms with E-state index in [1.165, 1.54) is 71.4 Å². The molecule has 0 bridgehead atoms. The van der Waals surface area contributed by atoms with Gasteiger partial charge in [-0.05, 0) is 119 Å². The summed E-state index contributed by atoms with van der Waals surface area (Å²) < 4.78 is 4.78. The average Bonchev–Trinajstić information content (AvgIpc) is 3.89. The summed E-state index contributed by atoms with van der Waals surface area (Å²) in [5.41, 5.74) is 22.1. The number of nitrogens with two attached hydrogens (primary N) is 1. The molecule has 1 atom stereocenters. The standard InChI is InChI=1S/C52H39N5/c1-2-36(25-28-53)52(37-26-30-54-31-27-37)45-13-9-29-55-51(45)44-33-50-43(32-46(44)52)42-12-5-8-16-49(42)57(50)39-23-19-35(20-24-39)34-17-21-38(22-18-34)56-47-14-6-3-10-40(47)41-11-4-7-15-48(41)56/h2-28,30-33,55H,29,53H2,1H3/b28-25-,36-2+. The van der Waals surface area contributed by atoms with Gasteiger partial charge in [0.05, 0.1) is 27.5 Å². The van der Waals surface area contributed by atoms with Crippen molar-refractivity contribution in [3.8, 4) is 22.5 Å². The molecule has 272 valence electrons. The number of aromatic nitrogens is 3. The molecule has 0 amide bonds. The minimum Gasteiger partial charge on any atom is -0.405 e. The number of dihydropyridines is 1. The lowest BCUT2D eigenvalue weighted by molar-refractivity contribution is 0.750. The van der Waals surface area contributed by atoms with E-state index in [9.17, 15) is 0 Å². The molecule has 2 aliphatic rings. The molecule has 0 fully saturated rings. The summed E-state index contributed by atoms with van der Waals surface area (Å²) >= 11 is 0. The van der Waals surface area contributed by atoms with Gasteiger partial charge in [-0.15, -0.1) is 0 Å². The molecule has 6 aromatic carbocycles. The van der Waals surface area contributed by atoms with Crippen molar-refractivity contribution in [1.29, 1.82) is 0 Å². The van der Waals surface area contributed by atoms with Gasteiger partial charge in [-0.2, -0.15) is 0 Å². The van der Waals surface area contributed by atoms with Gasteiger partial charge >= 0.3 is 0 Å². The summed E-state index contributed by atoms with van der Waals surface area (Å²) in [6.45, 7) is 2.87. The normalized spacial score (nSPS) is 16.6. The number of pyridine rings is 1. The third-order valence-corrected chi connectivity index (χ3v) is 12.1. The van der Waals surface area contributed by atoms with Crippen LogP contribution in [0.1, 0.15) is 23.6 Å². The van der Waals surface area contributed by atoms with E-state index in [0.717, 1.165) is 34.8 Å². The van der Waals surface area contributed by atoms with E-state index in [1.807, 2.05) is 12.4 Å². The third-order valence-electron chi connectivity index (χ3n) is 12.1. The molecule has 0 spiro atoms. The predicted octanol–water partition coefficient (Wildman–Crippen LogP) is 11.5. The van der Waals surface area contributed by atoms with Crippen molar-refractivity contribution in [2.45, 2.75) is 12.3 Å². The van der Waals surface area contributed by atoms with Crippen LogP contribution in [0.25, 0.3) is 71.8 Å². The summed E-state index contributed by atoms with van der Waals surface area (Å²) in [7, 11) is 0. The van der Waals surface area contributed by atoms with E-state index in [4.69, 9.17) is 5.73 Å². The lowest BCUT2D eigenvalue weighted by Crippen LogP contribution is -2.31. The molecule has 1 aliphatic carbocycles. The highest BCUT2D eigenvalue weighted by Crippen LogP contribution is 2.56. The number of fused-ring (bicyclic) bond motifs is 8. The van der Waals surface area contributed by atoms with Crippen LogP contribution in [0.2, 0.25) is 0 Å². The van der Waals surface area contributed by atoms with Crippen LogP contribution in [0.4, 0.5) is 0 Å². The van der Waals surface area contributed by atoms with Gasteiger partial charge in [-0.1, -0.05) is 97.1 Å². The van der Waals surface area contributed by atoms with Gasteiger partial charge in [0.1, 0.15) is 0 Å². The number of benzene rings is 6. The molecule has 3 aromatic heterocycles. The lowest BCUT2D eigenvalue weighted by Gasteiger charge is -2.36. The van der Waals surface area contributed by atoms with Crippen LogP contribution in [0.5, 0.6) is 0 Å². The zero-order valence-electron chi connectivity index (χ0n) is 31.5. The van der Waals surface area contributed by atoms with E-state index >= 15 is 0 Å². The Balaban J connectivity index is 1.05. The minimum absolute atomic E-state index is 0.571. The van der Waals surface area contributed by atoms with E-state index in [1.54, 1.807) is 6.20 Å². The SMILES string of the molecule is C/C=C(\C=C/N)C1(c2ccncc2)C2=C(NCC=C2)c2cc3c(cc21)c1ccccc1n3-c1ccc(-c2ccc(-n3c4ccccc4c4ccccc43)cc2)cc1. The van der Waals surface area contributed by atoms with Crippen molar-refractivity contribution < 1.29 is 0 Å². The van der Waals surface area contributed by atoms with Gasteiger partial charge in [0, 0.05) is 63.1 Å². The number of rotatable bonds is 6.